The van der Waals surface area contributed by atoms with Crippen molar-refractivity contribution in [3.05, 3.63) is 83.4 Å². The number of carbonyl (C=O) groups is 1. The van der Waals surface area contributed by atoms with Crippen molar-refractivity contribution in [1.29, 1.82) is 0 Å². The number of halogens is 1. The summed E-state index contributed by atoms with van der Waals surface area (Å²) in [5.74, 6) is 0.406. The largest absolute Gasteiger partial charge is 0.494 e. The van der Waals surface area contributed by atoms with Crippen molar-refractivity contribution in [1.82, 2.24) is 0 Å². The molecule has 8 heteroatoms. The number of ether oxygens (including phenoxy) is 1. The fourth-order valence-corrected chi connectivity index (χ4v) is 3.76. The molecule has 0 aliphatic carbocycles. The maximum atomic E-state index is 12.5. The third kappa shape index (κ3) is 5.75. The molecule has 1 amide bonds. The van der Waals surface area contributed by atoms with Gasteiger partial charge in [0, 0.05) is 22.0 Å². The average Bonchev–Trinajstić information content (AvgIpc) is 2.74. The fraction of sp³-hybridized carbons (Fsp3) is 0.136. The molecular formula is C22H21ClN2O4S. The summed E-state index contributed by atoms with van der Waals surface area (Å²) in [7, 11) is -3.76. The molecule has 2 N–H and O–H groups in total. The van der Waals surface area contributed by atoms with Crippen LogP contribution in [0.3, 0.4) is 0 Å². The van der Waals surface area contributed by atoms with Gasteiger partial charge in [0.2, 0.25) is 0 Å². The molecule has 0 aliphatic rings. The van der Waals surface area contributed by atoms with E-state index in [1.165, 1.54) is 24.3 Å². The Kier molecular flexibility index (Phi) is 6.97. The highest BCUT2D eigenvalue weighted by molar-refractivity contribution is 7.92. The second kappa shape index (κ2) is 9.65. The number of nitrogens with one attached hydrogen (secondary N) is 2. The van der Waals surface area contributed by atoms with Crippen LogP contribution in [0.25, 0.3) is 0 Å². The smallest absolute Gasteiger partial charge is 0.261 e. The Morgan fingerprint density at radius 3 is 2.10 bits per heavy atom. The summed E-state index contributed by atoms with van der Waals surface area (Å²) < 4.78 is 33.0. The Morgan fingerprint density at radius 1 is 0.900 bits per heavy atom. The van der Waals surface area contributed by atoms with Crippen LogP contribution in [0, 0.1) is 0 Å². The standard InChI is InChI=1S/C22H21ClN2O4S/c1-2-15-29-20-11-3-16(4-12-20)22(26)24-18-9-13-21(14-10-18)30(27,28)25-19-7-5-17(23)6-8-19/h3-14,25H,2,15H2,1H3,(H,24,26). The molecule has 0 heterocycles. The third-order valence-corrected chi connectivity index (χ3v) is 5.76. The molecule has 3 rings (SSSR count). The quantitative estimate of drug-likeness (QED) is 0.501. The van der Waals surface area contributed by atoms with Crippen LogP contribution in [0.2, 0.25) is 5.02 Å². The number of benzene rings is 3. The molecule has 0 aromatic heterocycles. The fourth-order valence-electron chi connectivity index (χ4n) is 2.58. The van der Waals surface area contributed by atoms with E-state index in [9.17, 15) is 13.2 Å². The first kappa shape index (κ1) is 21.7. The molecule has 0 saturated carbocycles. The zero-order valence-electron chi connectivity index (χ0n) is 16.3. The van der Waals surface area contributed by atoms with E-state index in [1.54, 1.807) is 48.5 Å². The van der Waals surface area contributed by atoms with Crippen LogP contribution < -0.4 is 14.8 Å². The van der Waals surface area contributed by atoms with Gasteiger partial charge >= 0.3 is 0 Å². The highest BCUT2D eigenvalue weighted by Gasteiger charge is 2.14. The molecule has 30 heavy (non-hydrogen) atoms. The van der Waals surface area contributed by atoms with Gasteiger partial charge in [-0.3, -0.25) is 9.52 Å². The van der Waals surface area contributed by atoms with Gasteiger partial charge < -0.3 is 10.1 Å². The summed E-state index contributed by atoms with van der Waals surface area (Å²) in [5.41, 5.74) is 1.36. The lowest BCUT2D eigenvalue weighted by atomic mass is 10.2. The van der Waals surface area contributed by atoms with Crippen molar-refractivity contribution < 1.29 is 17.9 Å². The molecule has 0 bridgehead atoms. The van der Waals surface area contributed by atoms with Crippen LogP contribution in [0.5, 0.6) is 5.75 Å². The summed E-state index contributed by atoms with van der Waals surface area (Å²) >= 11 is 5.81. The van der Waals surface area contributed by atoms with Crippen molar-refractivity contribution in [3.8, 4) is 5.75 Å². The molecular weight excluding hydrogens is 424 g/mol. The first-order valence-electron chi connectivity index (χ1n) is 9.30. The van der Waals surface area contributed by atoms with Gasteiger partial charge in [-0.2, -0.15) is 0 Å². The van der Waals surface area contributed by atoms with E-state index in [1.807, 2.05) is 6.92 Å². The third-order valence-electron chi connectivity index (χ3n) is 4.11. The zero-order valence-corrected chi connectivity index (χ0v) is 17.8. The van der Waals surface area contributed by atoms with Crippen LogP contribution in [0.15, 0.2) is 77.7 Å². The number of rotatable bonds is 8. The van der Waals surface area contributed by atoms with Crippen LogP contribution in [-0.4, -0.2) is 20.9 Å². The van der Waals surface area contributed by atoms with E-state index >= 15 is 0 Å². The Morgan fingerprint density at radius 2 is 1.50 bits per heavy atom. The van der Waals surface area contributed by atoms with E-state index < -0.39 is 10.0 Å². The van der Waals surface area contributed by atoms with Crippen LogP contribution in [-0.2, 0) is 10.0 Å². The maximum absolute atomic E-state index is 12.5. The van der Waals surface area contributed by atoms with Gasteiger partial charge in [0.15, 0.2) is 0 Å². The maximum Gasteiger partial charge on any atom is 0.261 e. The van der Waals surface area contributed by atoms with Gasteiger partial charge in [0.05, 0.1) is 11.5 Å². The molecule has 0 aliphatic heterocycles. The molecule has 6 nitrogen and oxygen atoms in total. The number of sulfonamides is 1. The Labute approximate surface area is 180 Å². The second-order valence-electron chi connectivity index (χ2n) is 6.46. The number of hydrogen-bond acceptors (Lipinski definition) is 4. The molecule has 0 unspecified atom stereocenters. The van der Waals surface area contributed by atoms with Crippen molar-refractivity contribution in [2.24, 2.45) is 0 Å². The predicted molar refractivity (Wildman–Crippen MR) is 119 cm³/mol. The topological polar surface area (TPSA) is 84.5 Å². The summed E-state index contributed by atoms with van der Waals surface area (Å²) in [5, 5.41) is 3.26. The van der Waals surface area contributed by atoms with Crippen LogP contribution >= 0.6 is 11.6 Å². The molecule has 0 spiro atoms. The number of amides is 1. The minimum absolute atomic E-state index is 0.0767. The summed E-state index contributed by atoms with van der Waals surface area (Å²) in [6, 6.07) is 19.1. The minimum Gasteiger partial charge on any atom is -0.494 e. The normalized spacial score (nSPS) is 11.0. The first-order valence-corrected chi connectivity index (χ1v) is 11.2. The van der Waals surface area contributed by atoms with Crippen molar-refractivity contribution in [3.63, 3.8) is 0 Å². The number of carbonyl (C=O) groups excluding carboxylic acids is 1. The zero-order chi connectivity index (χ0) is 21.6. The summed E-state index contributed by atoms with van der Waals surface area (Å²) in [6.07, 6.45) is 0.906. The highest BCUT2D eigenvalue weighted by Crippen LogP contribution is 2.20. The molecule has 0 atom stereocenters. The molecule has 0 saturated heterocycles. The van der Waals surface area contributed by atoms with Crippen molar-refractivity contribution in [2.75, 3.05) is 16.6 Å². The highest BCUT2D eigenvalue weighted by atomic mass is 35.5. The lowest BCUT2D eigenvalue weighted by Gasteiger charge is -2.10. The number of anilines is 2. The van der Waals surface area contributed by atoms with Gasteiger partial charge in [-0.1, -0.05) is 18.5 Å². The summed E-state index contributed by atoms with van der Waals surface area (Å²) in [6.45, 7) is 2.64. The Balaban J connectivity index is 1.64. The summed E-state index contributed by atoms with van der Waals surface area (Å²) in [4.78, 5) is 12.5. The van der Waals surface area contributed by atoms with E-state index in [2.05, 4.69) is 10.0 Å². The molecule has 0 fully saturated rings. The van der Waals surface area contributed by atoms with E-state index in [0.29, 0.717) is 34.3 Å². The predicted octanol–water partition coefficient (Wildman–Crippen LogP) is 5.18. The van der Waals surface area contributed by atoms with E-state index in [0.717, 1.165) is 6.42 Å². The number of hydrogen-bond donors (Lipinski definition) is 2. The van der Waals surface area contributed by atoms with Gasteiger partial charge in [-0.15, -0.1) is 0 Å². The molecule has 3 aromatic carbocycles. The monoisotopic (exact) mass is 444 g/mol. The van der Waals surface area contributed by atoms with Crippen molar-refractivity contribution in [2.45, 2.75) is 18.2 Å². The first-order chi connectivity index (χ1) is 14.4. The molecule has 0 radical (unpaired) electrons. The van der Waals surface area contributed by atoms with Crippen molar-refractivity contribution >= 4 is 38.9 Å². The lowest BCUT2D eigenvalue weighted by molar-refractivity contribution is 0.102. The van der Waals surface area contributed by atoms with Crippen LogP contribution in [0.1, 0.15) is 23.7 Å². The van der Waals surface area contributed by atoms with Gasteiger partial charge in [-0.05, 0) is 79.2 Å². The minimum atomic E-state index is -3.76. The lowest BCUT2D eigenvalue weighted by Crippen LogP contribution is -2.14. The van der Waals surface area contributed by atoms with Gasteiger partial charge in [0.1, 0.15) is 5.75 Å². The Bertz CT molecular complexity index is 1100. The SMILES string of the molecule is CCCOc1ccc(C(=O)Nc2ccc(S(=O)(=O)Nc3ccc(Cl)cc3)cc2)cc1. The average molecular weight is 445 g/mol. The van der Waals surface area contributed by atoms with E-state index in [4.69, 9.17) is 16.3 Å². The second-order valence-corrected chi connectivity index (χ2v) is 8.58. The molecule has 3 aromatic rings. The Hall–Kier alpha value is -3.03. The van der Waals surface area contributed by atoms with Gasteiger partial charge in [-0.25, -0.2) is 8.42 Å². The van der Waals surface area contributed by atoms with E-state index in [-0.39, 0.29) is 10.8 Å². The molecule has 156 valence electrons. The van der Waals surface area contributed by atoms with Crippen LogP contribution in [0.4, 0.5) is 11.4 Å². The van der Waals surface area contributed by atoms with Gasteiger partial charge in [0.25, 0.3) is 15.9 Å².